The summed E-state index contributed by atoms with van der Waals surface area (Å²) in [6.07, 6.45) is 0. The third kappa shape index (κ3) is 4.55. The number of esters is 1. The number of para-hydroxylation sites is 1. The number of anilines is 1. The van der Waals surface area contributed by atoms with E-state index in [0.29, 0.717) is 16.6 Å². The molecule has 0 radical (unpaired) electrons. The predicted molar refractivity (Wildman–Crippen MR) is 120 cm³/mol. The number of hydrogen-bond donors (Lipinski definition) is 1. The van der Waals surface area contributed by atoms with Gasteiger partial charge in [-0.1, -0.05) is 24.3 Å². The smallest absolute Gasteiger partial charge is 0.339 e. The first-order chi connectivity index (χ1) is 15.4. The van der Waals surface area contributed by atoms with E-state index in [2.05, 4.69) is 10.3 Å². The van der Waals surface area contributed by atoms with Crippen molar-refractivity contribution in [2.45, 2.75) is 6.92 Å². The Morgan fingerprint density at radius 2 is 1.84 bits per heavy atom. The molecule has 0 bridgehead atoms. The van der Waals surface area contributed by atoms with Crippen LogP contribution in [-0.2, 0) is 9.53 Å². The van der Waals surface area contributed by atoms with Crippen LogP contribution in [0.3, 0.4) is 0 Å². The van der Waals surface area contributed by atoms with E-state index in [1.165, 1.54) is 30.4 Å². The Balaban J connectivity index is 1.55. The van der Waals surface area contributed by atoms with Gasteiger partial charge in [-0.15, -0.1) is 11.3 Å². The molecular weight excluding hydrogens is 431 g/mol. The maximum Gasteiger partial charge on any atom is 0.339 e. The van der Waals surface area contributed by atoms with Gasteiger partial charge >= 0.3 is 5.97 Å². The zero-order valence-electron chi connectivity index (χ0n) is 16.9. The van der Waals surface area contributed by atoms with Crippen molar-refractivity contribution in [2.24, 2.45) is 0 Å². The van der Waals surface area contributed by atoms with Gasteiger partial charge in [0.25, 0.3) is 0 Å². The molecule has 4 rings (SSSR count). The second-order valence-corrected chi connectivity index (χ2v) is 7.87. The van der Waals surface area contributed by atoms with Gasteiger partial charge in [-0.05, 0) is 41.8 Å². The highest BCUT2D eigenvalue weighted by molar-refractivity contribution is 7.13. The number of carbonyl (C=O) groups excluding carboxylic acids is 3. The Morgan fingerprint density at radius 3 is 2.56 bits per heavy atom. The van der Waals surface area contributed by atoms with Crippen molar-refractivity contribution in [3.8, 4) is 10.6 Å². The maximum atomic E-state index is 14.3. The number of carbonyl (C=O) groups is 3. The van der Waals surface area contributed by atoms with Crippen molar-refractivity contribution >= 4 is 45.6 Å². The number of amides is 1. The number of ketones is 1. The molecule has 0 saturated heterocycles. The van der Waals surface area contributed by atoms with Gasteiger partial charge in [0.15, 0.2) is 6.61 Å². The normalized spacial score (nSPS) is 10.7. The monoisotopic (exact) mass is 448 g/mol. The first-order valence-electron chi connectivity index (χ1n) is 9.63. The SMILES string of the molecule is CC(=O)Nc1ccc(C(=O)COC(=O)c2cc(-c3cccs3)nc3ccccc23)c(F)c1. The average molecular weight is 448 g/mol. The number of ether oxygens (including phenoxy) is 1. The highest BCUT2D eigenvalue weighted by Gasteiger charge is 2.19. The molecule has 2 aromatic carbocycles. The third-order valence-electron chi connectivity index (χ3n) is 4.63. The van der Waals surface area contributed by atoms with E-state index in [0.717, 1.165) is 10.9 Å². The van der Waals surface area contributed by atoms with Gasteiger partial charge < -0.3 is 10.1 Å². The summed E-state index contributed by atoms with van der Waals surface area (Å²) in [5, 5.41) is 4.94. The van der Waals surface area contributed by atoms with Crippen molar-refractivity contribution in [3.05, 3.63) is 83.0 Å². The topological polar surface area (TPSA) is 85.4 Å². The number of nitrogens with one attached hydrogen (secondary N) is 1. The van der Waals surface area contributed by atoms with E-state index in [9.17, 15) is 18.8 Å². The van der Waals surface area contributed by atoms with Crippen LogP contribution in [0.1, 0.15) is 27.6 Å². The Hall–Kier alpha value is -3.91. The van der Waals surface area contributed by atoms with Crippen molar-refractivity contribution in [1.29, 1.82) is 0 Å². The number of pyridine rings is 1. The zero-order valence-corrected chi connectivity index (χ0v) is 17.7. The van der Waals surface area contributed by atoms with Crippen LogP contribution in [0.4, 0.5) is 10.1 Å². The van der Waals surface area contributed by atoms with Crippen molar-refractivity contribution in [2.75, 3.05) is 11.9 Å². The summed E-state index contributed by atoms with van der Waals surface area (Å²) >= 11 is 1.49. The summed E-state index contributed by atoms with van der Waals surface area (Å²) < 4.78 is 19.5. The van der Waals surface area contributed by atoms with Gasteiger partial charge in [-0.2, -0.15) is 0 Å². The quantitative estimate of drug-likeness (QED) is 0.328. The fourth-order valence-electron chi connectivity index (χ4n) is 3.20. The highest BCUT2D eigenvalue weighted by atomic mass is 32.1. The first kappa shape index (κ1) is 21.3. The molecule has 0 unspecified atom stereocenters. The fourth-order valence-corrected chi connectivity index (χ4v) is 3.89. The summed E-state index contributed by atoms with van der Waals surface area (Å²) in [5.41, 5.74) is 1.51. The molecule has 160 valence electrons. The molecule has 2 heterocycles. The van der Waals surface area contributed by atoms with E-state index >= 15 is 0 Å². The molecule has 0 aliphatic heterocycles. The predicted octanol–water partition coefficient (Wildman–Crippen LogP) is 5.10. The van der Waals surface area contributed by atoms with Crippen LogP contribution in [0.25, 0.3) is 21.5 Å². The van der Waals surface area contributed by atoms with Crippen LogP contribution < -0.4 is 5.32 Å². The first-order valence-corrected chi connectivity index (χ1v) is 10.5. The Morgan fingerprint density at radius 1 is 1.03 bits per heavy atom. The lowest BCUT2D eigenvalue weighted by molar-refractivity contribution is -0.114. The Labute approximate surface area is 186 Å². The lowest BCUT2D eigenvalue weighted by Crippen LogP contribution is -2.16. The van der Waals surface area contributed by atoms with E-state index in [4.69, 9.17) is 4.74 Å². The molecule has 0 fully saturated rings. The lowest BCUT2D eigenvalue weighted by atomic mass is 10.1. The summed E-state index contributed by atoms with van der Waals surface area (Å²) in [4.78, 5) is 41.9. The molecule has 4 aromatic rings. The second kappa shape index (κ2) is 9.07. The number of Topliss-reactive ketones (excluding diaryl/α,β-unsaturated/α-hetero) is 1. The maximum absolute atomic E-state index is 14.3. The fraction of sp³-hybridized carbons (Fsp3) is 0.0833. The molecule has 6 nitrogen and oxygen atoms in total. The number of aromatic nitrogens is 1. The Kier molecular flexibility index (Phi) is 6.04. The van der Waals surface area contributed by atoms with Gasteiger partial charge in [-0.25, -0.2) is 14.2 Å². The second-order valence-electron chi connectivity index (χ2n) is 6.92. The lowest BCUT2D eigenvalue weighted by Gasteiger charge is -2.10. The molecule has 8 heteroatoms. The molecule has 2 aromatic heterocycles. The molecule has 0 spiro atoms. The minimum atomic E-state index is -0.813. The van der Waals surface area contributed by atoms with Gasteiger partial charge in [-0.3, -0.25) is 9.59 Å². The molecule has 32 heavy (non-hydrogen) atoms. The standard InChI is InChI=1S/C24H17FN2O4S/c1-14(28)26-15-8-9-17(19(25)11-15)22(29)13-31-24(30)18-12-21(23-7-4-10-32-23)27-20-6-3-2-5-16(18)20/h2-12H,13H2,1H3,(H,26,28). The van der Waals surface area contributed by atoms with Crippen molar-refractivity contribution < 1.29 is 23.5 Å². The van der Waals surface area contributed by atoms with Gasteiger partial charge in [0, 0.05) is 18.0 Å². The molecule has 0 aliphatic carbocycles. The molecule has 0 aliphatic rings. The minimum Gasteiger partial charge on any atom is -0.454 e. The molecule has 1 amide bonds. The largest absolute Gasteiger partial charge is 0.454 e. The third-order valence-corrected chi connectivity index (χ3v) is 5.53. The number of halogens is 1. The van der Waals surface area contributed by atoms with Gasteiger partial charge in [0.05, 0.1) is 27.2 Å². The van der Waals surface area contributed by atoms with Crippen LogP contribution in [-0.4, -0.2) is 29.3 Å². The van der Waals surface area contributed by atoms with Crippen molar-refractivity contribution in [3.63, 3.8) is 0 Å². The highest BCUT2D eigenvalue weighted by Crippen LogP contribution is 2.28. The Bertz CT molecular complexity index is 1340. The van der Waals surface area contributed by atoms with E-state index < -0.39 is 24.2 Å². The molecule has 0 atom stereocenters. The van der Waals surface area contributed by atoms with Crippen LogP contribution in [0.5, 0.6) is 0 Å². The van der Waals surface area contributed by atoms with Gasteiger partial charge in [0.1, 0.15) is 5.82 Å². The van der Waals surface area contributed by atoms with Crippen LogP contribution >= 0.6 is 11.3 Å². The summed E-state index contributed by atoms with van der Waals surface area (Å²) in [6.45, 7) is 0.670. The zero-order chi connectivity index (χ0) is 22.7. The molecular formula is C24H17FN2O4S. The number of rotatable bonds is 6. The molecule has 0 saturated carbocycles. The van der Waals surface area contributed by atoms with Crippen LogP contribution in [0, 0.1) is 5.82 Å². The van der Waals surface area contributed by atoms with E-state index in [1.807, 2.05) is 23.6 Å². The van der Waals surface area contributed by atoms with Crippen LogP contribution in [0.15, 0.2) is 66.0 Å². The molecule has 1 N–H and O–H groups in total. The minimum absolute atomic E-state index is 0.230. The summed E-state index contributed by atoms with van der Waals surface area (Å²) in [7, 11) is 0. The number of benzene rings is 2. The van der Waals surface area contributed by atoms with Crippen molar-refractivity contribution in [1.82, 2.24) is 4.98 Å². The average Bonchev–Trinajstić information content (AvgIpc) is 3.31. The van der Waals surface area contributed by atoms with E-state index in [-0.39, 0.29) is 22.7 Å². The van der Waals surface area contributed by atoms with Gasteiger partial charge in [0.2, 0.25) is 11.7 Å². The number of nitrogens with zero attached hydrogens (tertiary/aromatic N) is 1. The number of fused-ring (bicyclic) bond motifs is 1. The van der Waals surface area contributed by atoms with Crippen LogP contribution in [0.2, 0.25) is 0 Å². The number of thiophene rings is 1. The summed E-state index contributed by atoms with van der Waals surface area (Å²) in [6, 6.07) is 16.2. The number of hydrogen-bond acceptors (Lipinski definition) is 6. The van der Waals surface area contributed by atoms with E-state index in [1.54, 1.807) is 24.3 Å². The summed E-state index contributed by atoms with van der Waals surface area (Å²) in [5.74, 6) is -2.57.